The van der Waals surface area contributed by atoms with Crippen molar-refractivity contribution in [3.8, 4) is 0 Å². The molecule has 0 bridgehead atoms. The number of aromatic nitrogens is 2. The second kappa shape index (κ2) is 4.18. The second-order valence-corrected chi connectivity index (χ2v) is 3.34. The minimum Gasteiger partial charge on any atom is -0.481 e. The third kappa shape index (κ3) is 1.95. The summed E-state index contributed by atoms with van der Waals surface area (Å²) in [5.74, 6) is -1.38. The molecule has 1 N–H and O–H groups in total. The number of aryl methyl sites for hydroxylation is 1. The first-order chi connectivity index (χ1) is 7.68. The third-order valence-electron chi connectivity index (χ3n) is 2.20. The topological polar surface area (TPSA) is 85.3 Å². The predicted molar refractivity (Wildman–Crippen MR) is 55.1 cm³/mol. The molecule has 0 spiro atoms. The standard InChI is InChI=1S/C10H10N2O4/c13-8(14)4-2-6-12-9-7(16-10(12)15)3-1-5-11-9/h1,3,5H,2,4,6H2,(H,13,14). The van der Waals surface area contributed by atoms with Gasteiger partial charge in [0.1, 0.15) is 0 Å². The maximum absolute atomic E-state index is 11.4. The van der Waals surface area contributed by atoms with Crippen LogP contribution < -0.4 is 5.76 Å². The van der Waals surface area contributed by atoms with E-state index in [1.165, 1.54) is 4.57 Å². The molecule has 2 aromatic rings. The van der Waals surface area contributed by atoms with Crippen molar-refractivity contribution in [2.75, 3.05) is 0 Å². The van der Waals surface area contributed by atoms with Gasteiger partial charge in [-0.3, -0.25) is 9.36 Å². The van der Waals surface area contributed by atoms with Crippen LogP contribution in [0.4, 0.5) is 0 Å². The fraction of sp³-hybridized carbons (Fsp3) is 0.300. The van der Waals surface area contributed by atoms with Crippen LogP contribution in [0.15, 0.2) is 27.5 Å². The number of aliphatic carboxylic acids is 1. The SMILES string of the molecule is O=C(O)CCCn1c(=O)oc2cccnc21. The maximum atomic E-state index is 11.4. The number of oxazole rings is 1. The summed E-state index contributed by atoms with van der Waals surface area (Å²) < 4.78 is 6.30. The van der Waals surface area contributed by atoms with Crippen molar-refractivity contribution in [3.63, 3.8) is 0 Å². The molecular weight excluding hydrogens is 212 g/mol. The zero-order chi connectivity index (χ0) is 11.5. The summed E-state index contributed by atoms with van der Waals surface area (Å²) >= 11 is 0. The second-order valence-electron chi connectivity index (χ2n) is 3.34. The van der Waals surface area contributed by atoms with Gasteiger partial charge in [0.15, 0.2) is 11.2 Å². The molecule has 2 aromatic heterocycles. The molecule has 0 amide bonds. The molecule has 0 radical (unpaired) electrons. The zero-order valence-electron chi connectivity index (χ0n) is 8.42. The smallest absolute Gasteiger partial charge is 0.421 e. The average molecular weight is 222 g/mol. The number of nitrogens with zero attached hydrogens (tertiary/aromatic N) is 2. The molecule has 0 aliphatic carbocycles. The summed E-state index contributed by atoms with van der Waals surface area (Å²) in [7, 11) is 0. The lowest BCUT2D eigenvalue weighted by molar-refractivity contribution is -0.137. The number of carboxylic acids is 1. The van der Waals surface area contributed by atoms with Crippen LogP contribution in [-0.2, 0) is 11.3 Å². The van der Waals surface area contributed by atoms with Crippen molar-refractivity contribution in [2.45, 2.75) is 19.4 Å². The molecule has 0 atom stereocenters. The van der Waals surface area contributed by atoms with Crippen molar-refractivity contribution in [2.24, 2.45) is 0 Å². The molecule has 0 aliphatic rings. The molecule has 6 nitrogen and oxygen atoms in total. The van der Waals surface area contributed by atoms with Gasteiger partial charge in [-0.1, -0.05) is 0 Å². The Labute approximate surface area is 90.1 Å². The van der Waals surface area contributed by atoms with E-state index in [2.05, 4.69) is 4.98 Å². The zero-order valence-corrected chi connectivity index (χ0v) is 8.42. The number of carbonyl (C=O) groups is 1. The Morgan fingerprint density at radius 2 is 2.38 bits per heavy atom. The Hall–Kier alpha value is -2.11. The lowest BCUT2D eigenvalue weighted by Crippen LogP contribution is -2.15. The molecule has 2 heterocycles. The van der Waals surface area contributed by atoms with Crippen LogP contribution in [0.3, 0.4) is 0 Å². The van der Waals surface area contributed by atoms with Gasteiger partial charge in [-0.25, -0.2) is 9.78 Å². The summed E-state index contributed by atoms with van der Waals surface area (Å²) in [5, 5.41) is 8.50. The first kappa shape index (κ1) is 10.4. The summed E-state index contributed by atoms with van der Waals surface area (Å²) in [6.45, 7) is 0.301. The van der Waals surface area contributed by atoms with Crippen molar-refractivity contribution in [3.05, 3.63) is 28.9 Å². The Kier molecular flexibility index (Phi) is 2.72. The maximum Gasteiger partial charge on any atom is 0.421 e. The Bertz CT molecular complexity index is 569. The van der Waals surface area contributed by atoms with Crippen LogP contribution >= 0.6 is 0 Å². The van der Waals surface area contributed by atoms with E-state index in [0.717, 1.165) is 0 Å². The van der Waals surface area contributed by atoms with Gasteiger partial charge in [0.2, 0.25) is 0 Å². The van der Waals surface area contributed by atoms with E-state index in [0.29, 0.717) is 24.2 Å². The molecule has 6 heteroatoms. The van der Waals surface area contributed by atoms with E-state index in [9.17, 15) is 9.59 Å². The fourth-order valence-corrected chi connectivity index (χ4v) is 1.49. The number of fused-ring (bicyclic) bond motifs is 1. The van der Waals surface area contributed by atoms with E-state index in [4.69, 9.17) is 9.52 Å². The first-order valence-electron chi connectivity index (χ1n) is 4.84. The van der Waals surface area contributed by atoms with E-state index in [1.54, 1.807) is 18.3 Å². The van der Waals surface area contributed by atoms with Crippen molar-refractivity contribution in [1.82, 2.24) is 9.55 Å². The molecule has 16 heavy (non-hydrogen) atoms. The first-order valence-corrected chi connectivity index (χ1v) is 4.84. The van der Waals surface area contributed by atoms with Gasteiger partial charge < -0.3 is 9.52 Å². The molecule has 0 aliphatic heterocycles. The highest BCUT2D eigenvalue weighted by atomic mass is 16.4. The van der Waals surface area contributed by atoms with Gasteiger partial charge in [0.05, 0.1) is 0 Å². The largest absolute Gasteiger partial charge is 0.481 e. The minimum atomic E-state index is -0.881. The van der Waals surface area contributed by atoms with Crippen LogP contribution in [-0.4, -0.2) is 20.6 Å². The molecule has 0 aromatic carbocycles. The Morgan fingerprint density at radius 1 is 1.56 bits per heavy atom. The molecule has 2 rings (SSSR count). The van der Waals surface area contributed by atoms with Crippen LogP contribution in [0.2, 0.25) is 0 Å². The molecule has 0 saturated heterocycles. The lowest BCUT2D eigenvalue weighted by Gasteiger charge is -1.98. The molecular formula is C10H10N2O4. The van der Waals surface area contributed by atoms with Crippen LogP contribution in [0.5, 0.6) is 0 Å². The Morgan fingerprint density at radius 3 is 3.12 bits per heavy atom. The van der Waals surface area contributed by atoms with Crippen LogP contribution in [0.1, 0.15) is 12.8 Å². The lowest BCUT2D eigenvalue weighted by atomic mass is 10.3. The summed E-state index contributed by atoms with van der Waals surface area (Å²) in [6, 6.07) is 3.32. The molecule has 84 valence electrons. The normalized spacial score (nSPS) is 10.8. The van der Waals surface area contributed by atoms with Crippen molar-refractivity contribution in [1.29, 1.82) is 0 Å². The van der Waals surface area contributed by atoms with E-state index in [1.807, 2.05) is 0 Å². The van der Waals surface area contributed by atoms with Crippen LogP contribution in [0, 0.1) is 0 Å². The molecule has 0 unspecified atom stereocenters. The van der Waals surface area contributed by atoms with Crippen molar-refractivity contribution >= 4 is 17.2 Å². The molecule has 0 saturated carbocycles. The quantitative estimate of drug-likeness (QED) is 0.828. The summed E-state index contributed by atoms with van der Waals surface area (Å²) in [6.07, 6.45) is 1.96. The number of pyridine rings is 1. The van der Waals surface area contributed by atoms with Crippen molar-refractivity contribution < 1.29 is 14.3 Å². The van der Waals surface area contributed by atoms with Gasteiger partial charge in [0, 0.05) is 19.2 Å². The highest BCUT2D eigenvalue weighted by molar-refractivity contribution is 5.67. The number of carboxylic acid groups (broad SMARTS) is 1. The van der Waals surface area contributed by atoms with Gasteiger partial charge in [-0.2, -0.15) is 0 Å². The van der Waals surface area contributed by atoms with Gasteiger partial charge in [0.25, 0.3) is 0 Å². The molecule has 0 fully saturated rings. The minimum absolute atomic E-state index is 0.0198. The van der Waals surface area contributed by atoms with E-state index in [-0.39, 0.29) is 6.42 Å². The number of hydrogen-bond donors (Lipinski definition) is 1. The van der Waals surface area contributed by atoms with E-state index >= 15 is 0 Å². The van der Waals surface area contributed by atoms with Gasteiger partial charge in [-0.05, 0) is 18.6 Å². The third-order valence-corrected chi connectivity index (χ3v) is 2.20. The highest BCUT2D eigenvalue weighted by Crippen LogP contribution is 2.09. The van der Waals surface area contributed by atoms with Gasteiger partial charge in [-0.15, -0.1) is 0 Å². The van der Waals surface area contributed by atoms with Gasteiger partial charge >= 0.3 is 11.7 Å². The highest BCUT2D eigenvalue weighted by Gasteiger charge is 2.09. The predicted octanol–water partition coefficient (Wildman–Crippen LogP) is 0.854. The summed E-state index contributed by atoms with van der Waals surface area (Å²) in [4.78, 5) is 25.8. The van der Waals surface area contributed by atoms with E-state index < -0.39 is 11.7 Å². The Balaban J connectivity index is 2.26. The average Bonchev–Trinajstić information content (AvgIpc) is 2.55. The number of rotatable bonds is 4. The summed E-state index contributed by atoms with van der Waals surface area (Å²) in [5.41, 5.74) is 0.876. The monoisotopic (exact) mass is 222 g/mol. The number of hydrogen-bond acceptors (Lipinski definition) is 4. The van der Waals surface area contributed by atoms with Crippen LogP contribution in [0.25, 0.3) is 11.2 Å². The fourth-order valence-electron chi connectivity index (χ4n) is 1.49.